The van der Waals surface area contributed by atoms with Crippen molar-refractivity contribution in [3.8, 4) is 0 Å². The van der Waals surface area contributed by atoms with Gasteiger partial charge in [0.15, 0.2) is 31.1 Å². The van der Waals surface area contributed by atoms with Gasteiger partial charge in [-0.2, -0.15) is 0 Å². The van der Waals surface area contributed by atoms with Crippen LogP contribution in [0.1, 0.15) is 141 Å². The van der Waals surface area contributed by atoms with Gasteiger partial charge in [0.05, 0.1) is 56.6 Å². The summed E-state index contributed by atoms with van der Waals surface area (Å²) >= 11 is 0. The van der Waals surface area contributed by atoms with Gasteiger partial charge in [0.2, 0.25) is 0 Å². The lowest BCUT2D eigenvalue weighted by Crippen LogP contribution is -2.76. The van der Waals surface area contributed by atoms with Crippen LogP contribution in [0.3, 0.4) is 0 Å². The van der Waals surface area contributed by atoms with E-state index in [2.05, 4.69) is 39.8 Å². The van der Waals surface area contributed by atoms with Crippen LogP contribution in [0.25, 0.3) is 0 Å². The Balaban J connectivity index is 1.12. The zero-order valence-corrected chi connectivity index (χ0v) is 52.3. The predicted molar refractivity (Wildman–Crippen MR) is 304 cm³/mol. The normalized spacial score (nSPS) is 46.5. The number of ether oxygens (including phenoxy) is 9. The summed E-state index contributed by atoms with van der Waals surface area (Å²) in [6.07, 6.45) is -20.5. The molecule has 0 aromatic carbocycles. The zero-order valence-electron chi connectivity index (χ0n) is 52.3. The minimum atomic E-state index is -1.99. The Morgan fingerprint density at radius 3 is 1.90 bits per heavy atom. The molecule has 0 spiro atoms. The highest BCUT2D eigenvalue weighted by Crippen LogP contribution is 2.76. The Morgan fingerprint density at radius 1 is 0.709 bits per heavy atom. The Kier molecular flexibility index (Phi) is 20.7. The molecule has 490 valence electrons. The molecule has 8 aliphatic rings. The molecule has 27 atom stereocenters. The molecule has 0 aromatic heterocycles. The highest BCUT2D eigenvalue weighted by Gasteiger charge is 2.76. The number of fused-ring (bicyclic) bond motifs is 7. The van der Waals surface area contributed by atoms with Crippen molar-refractivity contribution in [2.75, 3.05) is 26.9 Å². The van der Waals surface area contributed by atoms with Crippen molar-refractivity contribution in [2.24, 2.45) is 56.2 Å². The molecule has 23 heteroatoms. The lowest BCUT2D eigenvalue weighted by molar-refractivity contribution is -0.383. The van der Waals surface area contributed by atoms with Crippen molar-refractivity contribution >= 4 is 17.9 Å². The number of carbonyl (C=O) groups is 3. The van der Waals surface area contributed by atoms with E-state index in [1.54, 1.807) is 6.92 Å². The third-order valence-electron chi connectivity index (χ3n) is 22.5. The fraction of sp³-hybridized carbons (Fsp3) is 0.857. The van der Waals surface area contributed by atoms with Crippen molar-refractivity contribution in [3.63, 3.8) is 0 Å². The second-order valence-corrected chi connectivity index (χ2v) is 28.4. The van der Waals surface area contributed by atoms with E-state index in [0.717, 1.165) is 30.2 Å². The Morgan fingerprint density at radius 2 is 1.31 bits per heavy atom. The van der Waals surface area contributed by atoms with Crippen LogP contribution >= 0.6 is 0 Å². The van der Waals surface area contributed by atoms with Crippen LogP contribution < -0.4 is 0 Å². The largest absolute Gasteiger partial charge is 0.467 e. The topological polar surface area (TPSA) is 357 Å². The van der Waals surface area contributed by atoms with E-state index in [1.807, 2.05) is 48.5 Å². The fourth-order valence-corrected chi connectivity index (χ4v) is 17.1. The summed E-state index contributed by atoms with van der Waals surface area (Å²) in [6.45, 7) is 21.6. The van der Waals surface area contributed by atoms with Crippen molar-refractivity contribution in [2.45, 2.75) is 257 Å². The molecule has 11 N–H and O–H groups in total. The number of carbonyl (C=O) groups excluding carboxylic acids is 3. The first-order valence-corrected chi connectivity index (χ1v) is 30.9. The number of allylic oxidation sites excluding steroid dienone is 4. The predicted octanol–water partition coefficient (Wildman–Crippen LogP) is 2.16. The molecule has 0 amide bonds. The minimum absolute atomic E-state index is 0.122. The summed E-state index contributed by atoms with van der Waals surface area (Å²) in [5, 5.41) is 125. The van der Waals surface area contributed by atoms with Crippen molar-refractivity contribution in [3.05, 3.63) is 34.9 Å². The number of aliphatic hydroxyl groups is 11. The van der Waals surface area contributed by atoms with E-state index in [-0.39, 0.29) is 11.8 Å². The highest BCUT2D eigenvalue weighted by atomic mass is 16.8. The first kappa shape index (κ1) is 68.9. The van der Waals surface area contributed by atoms with Gasteiger partial charge in [-0.15, -0.1) is 0 Å². The van der Waals surface area contributed by atoms with Crippen LogP contribution in [-0.4, -0.2) is 218 Å². The highest BCUT2D eigenvalue weighted by molar-refractivity contribution is 5.83. The lowest BCUT2D eigenvalue weighted by atomic mass is 9.32. The molecular weight excluding hydrogens is 1120 g/mol. The number of esters is 3. The van der Waals surface area contributed by atoms with Gasteiger partial charge < -0.3 is 98.8 Å². The maximum Gasteiger partial charge on any atom is 0.337 e. The third kappa shape index (κ3) is 11.6. The second kappa shape index (κ2) is 25.9. The van der Waals surface area contributed by atoms with Crippen LogP contribution in [-0.2, 0) is 57.0 Å². The molecule has 0 radical (unpaired) electrons. The van der Waals surface area contributed by atoms with Crippen molar-refractivity contribution < 1.29 is 113 Å². The quantitative estimate of drug-likeness (QED) is 0.0308. The van der Waals surface area contributed by atoms with Gasteiger partial charge in [-0.25, -0.2) is 9.59 Å². The van der Waals surface area contributed by atoms with Crippen LogP contribution in [0.4, 0.5) is 0 Å². The Bertz CT molecular complexity index is 2510. The van der Waals surface area contributed by atoms with Gasteiger partial charge in [0, 0.05) is 16.9 Å². The van der Waals surface area contributed by atoms with Crippen molar-refractivity contribution in [1.82, 2.24) is 0 Å². The monoisotopic (exact) mass is 1220 g/mol. The van der Waals surface area contributed by atoms with E-state index < -0.39 is 199 Å². The van der Waals surface area contributed by atoms with E-state index >= 15 is 0 Å². The number of hydrogen-bond acceptors (Lipinski definition) is 23. The van der Waals surface area contributed by atoms with Crippen molar-refractivity contribution in [1.29, 1.82) is 0 Å². The molecule has 4 saturated carbocycles. The van der Waals surface area contributed by atoms with Gasteiger partial charge in [-0.3, -0.25) is 4.79 Å². The third-order valence-corrected chi connectivity index (χ3v) is 22.5. The Hall–Kier alpha value is -3.05. The molecule has 0 bridgehead atoms. The molecule has 3 saturated heterocycles. The minimum Gasteiger partial charge on any atom is -0.467 e. The maximum atomic E-state index is 14.1. The molecule has 3 aliphatic heterocycles. The number of methoxy groups -OCH3 is 1. The standard InChI is InChI=1S/C63H100O23/c1-14-31(5)53(76)86-52-51(82-39(67)24-30(4)17-15-16-29(2)3)58(6,7)25-33-32-18-19-37-60(10)22-21-38(59(8,9)36(60)20-23-61(37,11)62(32,12)49(74)50(75)63(33,52)28-66)81-57-47(84-56-44(72)42(70)40(68)34(26-64)79-56)45(73)46(48(85-57)54(77)78-13)83-55-43(71)41(69)35(27-65)80-55/h16,18,24,31,33-38,40-52,55-57,64-66,68-75H,14-15,17,19-23,25-28H2,1-13H3/b30-24+/t31-,33-,34+,35-,36+,37+,38-,40+,41-,42-,43+,44+,45-,46-,47+,48-,49-,50+,51-,52-,55-,56-,57+,60-,61+,62-,63-/m0/s1. The smallest absolute Gasteiger partial charge is 0.337 e. The van der Waals surface area contributed by atoms with Crippen LogP contribution in [0.2, 0.25) is 0 Å². The number of hydrogen-bond donors (Lipinski definition) is 11. The summed E-state index contributed by atoms with van der Waals surface area (Å²) in [7, 11) is 1.07. The zero-order chi connectivity index (χ0) is 63.7. The number of rotatable bonds is 18. The van der Waals surface area contributed by atoms with Gasteiger partial charge in [-0.05, 0) is 113 Å². The van der Waals surface area contributed by atoms with Crippen LogP contribution in [0.15, 0.2) is 34.9 Å². The van der Waals surface area contributed by atoms with Gasteiger partial charge in [0.25, 0.3) is 0 Å². The summed E-state index contributed by atoms with van der Waals surface area (Å²) in [4.78, 5) is 41.7. The van der Waals surface area contributed by atoms with E-state index in [4.69, 9.17) is 42.6 Å². The van der Waals surface area contributed by atoms with E-state index in [0.29, 0.717) is 51.4 Å². The fourth-order valence-electron chi connectivity index (χ4n) is 17.1. The molecule has 0 unspecified atom stereocenters. The molecule has 86 heavy (non-hydrogen) atoms. The molecule has 7 fully saturated rings. The SMILES string of the molecule is CC[C@H](C)C(=O)O[C@H]1[C@H](OC(=O)/C=C(\C)CCC=C(C)C)C(C)(C)C[C@H]2C3=CC[C@@H]4[C@@]5(C)CC[C@H](O[C@@H]6O[C@H](C(=O)OC)[C@@H](O[C@@H]7O[C@@H](CO)[C@H](O)[C@H]7O)[C@H](O)[C@H]6O[C@@H]6O[C@H](CO)[C@@H](O)[C@H](O)[C@H]6O)C(C)(C)[C@H]5CC[C@@]4(C)[C@]3(C)[C@@H](O)[C@@H](O)[C@]21CO. The molecular formula is C63H100O23. The summed E-state index contributed by atoms with van der Waals surface area (Å²) in [6, 6.07) is 0. The average molecular weight is 1230 g/mol. The second-order valence-electron chi connectivity index (χ2n) is 28.4. The molecule has 3 heterocycles. The molecule has 8 rings (SSSR count). The van der Waals surface area contributed by atoms with E-state index in [9.17, 15) is 70.6 Å². The van der Waals surface area contributed by atoms with Crippen LogP contribution in [0.5, 0.6) is 0 Å². The van der Waals surface area contributed by atoms with Crippen LogP contribution in [0, 0.1) is 56.2 Å². The van der Waals surface area contributed by atoms with Gasteiger partial charge in [-0.1, -0.05) is 91.2 Å². The van der Waals surface area contributed by atoms with E-state index in [1.165, 1.54) is 6.08 Å². The first-order valence-electron chi connectivity index (χ1n) is 30.9. The number of aliphatic hydroxyl groups excluding tert-OH is 11. The summed E-state index contributed by atoms with van der Waals surface area (Å²) in [5.74, 6) is -3.75. The molecule has 23 nitrogen and oxygen atoms in total. The summed E-state index contributed by atoms with van der Waals surface area (Å²) < 4.78 is 54.8. The molecule has 0 aromatic rings. The van der Waals surface area contributed by atoms with Gasteiger partial charge >= 0.3 is 17.9 Å². The molecule has 5 aliphatic carbocycles. The first-order chi connectivity index (χ1) is 40.2. The van der Waals surface area contributed by atoms with Gasteiger partial charge in [0.1, 0.15) is 67.1 Å². The average Bonchev–Trinajstić information content (AvgIpc) is 0.712. The maximum absolute atomic E-state index is 14.1. The summed E-state index contributed by atoms with van der Waals surface area (Å²) in [5.41, 5.74) is -2.86. The Labute approximate surface area is 504 Å². The lowest BCUT2D eigenvalue weighted by Gasteiger charge is -2.73.